The van der Waals surface area contributed by atoms with Gasteiger partial charge in [-0.25, -0.2) is 0 Å². The van der Waals surface area contributed by atoms with Crippen molar-refractivity contribution in [3.05, 3.63) is 120 Å². The predicted octanol–water partition coefficient (Wildman–Crippen LogP) is 5.71. The first kappa shape index (κ1) is 22.8. The van der Waals surface area contributed by atoms with Gasteiger partial charge in [-0.2, -0.15) is 0 Å². The van der Waals surface area contributed by atoms with Gasteiger partial charge in [0.05, 0.1) is 5.56 Å². The Hall–Kier alpha value is -3.35. The van der Waals surface area contributed by atoms with Crippen LogP contribution in [0.2, 0.25) is 0 Å². The minimum atomic E-state index is -2.46. The van der Waals surface area contributed by atoms with Gasteiger partial charge in [0.15, 0.2) is 5.78 Å². The monoisotopic (exact) mass is 452 g/mol. The average Bonchev–Trinajstić information content (AvgIpc) is 2.87. The molecule has 33 heavy (non-hydrogen) atoms. The van der Waals surface area contributed by atoms with Crippen molar-refractivity contribution < 1.29 is 9.90 Å². The zero-order chi connectivity index (χ0) is 23.3. The van der Waals surface area contributed by atoms with Crippen molar-refractivity contribution in [1.82, 2.24) is 0 Å². The molecule has 0 bridgehead atoms. The number of aryl methyl sites for hydroxylation is 1. The summed E-state index contributed by atoms with van der Waals surface area (Å²) in [6, 6.07) is 36.5. The van der Waals surface area contributed by atoms with E-state index in [0.29, 0.717) is 5.56 Å². The maximum absolute atomic E-state index is 14.1. The number of Topliss-reactive ketones (excluding diaryl/α,β-unsaturated/α-hetero) is 1. The molecule has 0 aliphatic carbocycles. The molecule has 0 spiro atoms. The normalized spacial score (nSPS) is 11.2. The molecule has 0 fully saturated rings. The maximum Gasteiger partial charge on any atom is 0.193 e. The third kappa shape index (κ3) is 4.19. The van der Waals surface area contributed by atoms with Crippen LogP contribution in [0.1, 0.15) is 36.2 Å². The SMILES string of the molecule is CCCc1cccc(C(=O)C(C)=P(c2ccccc2)(c2ccccc2)c2ccccc2)c1O. The Bertz CT molecular complexity index is 1190. The molecule has 0 saturated carbocycles. The summed E-state index contributed by atoms with van der Waals surface area (Å²) in [5.41, 5.74) is 1.20. The molecule has 4 aromatic rings. The van der Waals surface area contributed by atoms with E-state index >= 15 is 0 Å². The summed E-state index contributed by atoms with van der Waals surface area (Å²) in [6.45, 7) is 1.56. The number of aromatic hydroxyl groups is 1. The highest BCUT2D eigenvalue weighted by Gasteiger charge is 2.31. The first-order valence-corrected chi connectivity index (χ1v) is 13.1. The first-order chi connectivity index (χ1) is 16.1. The van der Waals surface area contributed by atoms with Gasteiger partial charge in [0.2, 0.25) is 0 Å². The number of hydrogen-bond donors (Lipinski definition) is 1. The molecule has 0 heterocycles. The van der Waals surface area contributed by atoms with E-state index in [1.54, 1.807) is 6.07 Å². The summed E-state index contributed by atoms with van der Waals surface area (Å²) in [5, 5.41) is 15.1. The summed E-state index contributed by atoms with van der Waals surface area (Å²) in [4.78, 5) is 14.1. The highest BCUT2D eigenvalue weighted by atomic mass is 31.2. The molecule has 0 atom stereocenters. The van der Waals surface area contributed by atoms with Crippen LogP contribution in [0.5, 0.6) is 5.75 Å². The number of rotatable bonds is 7. The van der Waals surface area contributed by atoms with Crippen LogP contribution in [0.4, 0.5) is 0 Å². The minimum absolute atomic E-state index is 0.102. The van der Waals surface area contributed by atoms with E-state index in [0.717, 1.165) is 39.6 Å². The molecule has 4 aromatic carbocycles. The number of phenols is 1. The smallest absolute Gasteiger partial charge is 0.193 e. The lowest BCUT2D eigenvalue weighted by Crippen LogP contribution is -2.32. The third-order valence-corrected chi connectivity index (χ3v) is 10.6. The van der Waals surface area contributed by atoms with Crippen LogP contribution in [0, 0.1) is 0 Å². The minimum Gasteiger partial charge on any atom is -0.507 e. The van der Waals surface area contributed by atoms with Crippen molar-refractivity contribution in [3.63, 3.8) is 0 Å². The number of ketones is 1. The van der Waals surface area contributed by atoms with E-state index in [1.165, 1.54) is 0 Å². The molecular weight excluding hydrogens is 423 g/mol. The topological polar surface area (TPSA) is 37.3 Å². The molecule has 2 nitrogen and oxygen atoms in total. The van der Waals surface area contributed by atoms with Gasteiger partial charge in [-0.05, 0) is 47.8 Å². The van der Waals surface area contributed by atoms with Gasteiger partial charge in [-0.1, -0.05) is 116 Å². The Morgan fingerprint density at radius 3 is 1.58 bits per heavy atom. The largest absolute Gasteiger partial charge is 0.507 e. The third-order valence-electron chi connectivity index (χ3n) is 6.15. The zero-order valence-electron chi connectivity index (χ0n) is 19.1. The van der Waals surface area contributed by atoms with E-state index in [4.69, 9.17) is 0 Å². The molecule has 0 amide bonds. The maximum atomic E-state index is 14.1. The number of para-hydroxylation sites is 1. The molecule has 0 saturated heterocycles. The lowest BCUT2D eigenvalue weighted by atomic mass is 10.0. The zero-order valence-corrected chi connectivity index (χ0v) is 20.0. The Labute approximate surface area is 196 Å². The van der Waals surface area contributed by atoms with Crippen LogP contribution in [0.25, 0.3) is 0 Å². The molecule has 0 aliphatic heterocycles. The number of phenolic OH excluding ortho intramolecular Hbond substituents is 1. The highest BCUT2D eigenvalue weighted by Crippen LogP contribution is 2.47. The average molecular weight is 453 g/mol. The van der Waals surface area contributed by atoms with Gasteiger partial charge in [-0.3, -0.25) is 4.79 Å². The van der Waals surface area contributed by atoms with Crippen molar-refractivity contribution in [2.75, 3.05) is 0 Å². The summed E-state index contributed by atoms with van der Waals surface area (Å²) in [7, 11) is 0. The predicted molar refractivity (Wildman–Crippen MR) is 142 cm³/mol. The van der Waals surface area contributed by atoms with E-state index < -0.39 is 6.89 Å². The Balaban J connectivity index is 2.11. The molecule has 0 unspecified atom stereocenters. The Morgan fingerprint density at radius 1 is 0.697 bits per heavy atom. The fraction of sp³-hybridized carbons (Fsp3) is 0.133. The highest BCUT2D eigenvalue weighted by molar-refractivity contribution is 7.96. The van der Waals surface area contributed by atoms with E-state index in [9.17, 15) is 9.90 Å². The Kier molecular flexibility index (Phi) is 6.96. The number of benzene rings is 4. The van der Waals surface area contributed by atoms with Gasteiger partial charge in [0.25, 0.3) is 0 Å². The van der Waals surface area contributed by atoms with Gasteiger partial charge < -0.3 is 5.11 Å². The standard InChI is InChI=1S/C30H29O2P/c1-3-14-24-15-13-22-28(30(24)32)29(31)23(2)33(25-16-7-4-8-17-25,26-18-9-5-10-19-26)27-20-11-6-12-21-27/h4-13,15-22,32H,3,14H2,1-2H3. The van der Waals surface area contributed by atoms with Gasteiger partial charge in [-0.15, -0.1) is 0 Å². The van der Waals surface area contributed by atoms with Crippen LogP contribution >= 0.6 is 6.89 Å². The van der Waals surface area contributed by atoms with Gasteiger partial charge >= 0.3 is 0 Å². The second-order valence-corrected chi connectivity index (χ2v) is 11.7. The summed E-state index contributed by atoms with van der Waals surface area (Å²) in [6.07, 6.45) is 1.64. The number of hydrogen-bond acceptors (Lipinski definition) is 2. The van der Waals surface area contributed by atoms with Crippen LogP contribution in [0.3, 0.4) is 0 Å². The molecular formula is C30H29O2P. The second kappa shape index (κ2) is 10.1. The van der Waals surface area contributed by atoms with Crippen molar-refractivity contribution in [1.29, 1.82) is 0 Å². The first-order valence-electron chi connectivity index (χ1n) is 11.4. The molecule has 4 rings (SSSR count). The quantitative estimate of drug-likeness (QED) is 0.288. The lowest BCUT2D eigenvalue weighted by molar-refractivity contribution is 0.106. The van der Waals surface area contributed by atoms with Crippen LogP contribution in [-0.4, -0.2) is 16.2 Å². The van der Waals surface area contributed by atoms with Crippen molar-refractivity contribution in [2.24, 2.45) is 0 Å². The molecule has 0 aromatic heterocycles. The fourth-order valence-electron chi connectivity index (χ4n) is 4.58. The van der Waals surface area contributed by atoms with Gasteiger partial charge in [0, 0.05) is 5.29 Å². The van der Waals surface area contributed by atoms with Crippen molar-refractivity contribution in [3.8, 4) is 5.75 Å². The van der Waals surface area contributed by atoms with Crippen LogP contribution < -0.4 is 15.9 Å². The lowest BCUT2D eigenvalue weighted by Gasteiger charge is -2.31. The molecule has 0 radical (unpaired) electrons. The van der Waals surface area contributed by atoms with E-state index in [1.807, 2.05) is 73.7 Å². The Morgan fingerprint density at radius 2 is 1.15 bits per heavy atom. The van der Waals surface area contributed by atoms with Crippen LogP contribution in [-0.2, 0) is 6.42 Å². The summed E-state index contributed by atoms with van der Waals surface area (Å²) >= 11 is 0. The fourth-order valence-corrected chi connectivity index (χ4v) is 8.92. The number of carbonyl (C=O) groups is 1. The molecule has 1 N–H and O–H groups in total. The van der Waals surface area contributed by atoms with E-state index in [-0.39, 0.29) is 11.5 Å². The van der Waals surface area contributed by atoms with Crippen LogP contribution in [0.15, 0.2) is 109 Å². The molecule has 0 aliphatic rings. The summed E-state index contributed by atoms with van der Waals surface area (Å²) in [5.74, 6) is 0.00586. The number of carbonyl (C=O) groups excluding carboxylic acids is 1. The second-order valence-electron chi connectivity index (χ2n) is 8.16. The summed E-state index contributed by atoms with van der Waals surface area (Å²) < 4.78 is 0. The van der Waals surface area contributed by atoms with Gasteiger partial charge in [0.1, 0.15) is 5.75 Å². The molecule has 166 valence electrons. The molecule has 3 heteroatoms. The van der Waals surface area contributed by atoms with E-state index in [2.05, 4.69) is 43.3 Å². The van der Waals surface area contributed by atoms with Crippen molar-refractivity contribution >= 4 is 33.9 Å². The van der Waals surface area contributed by atoms with Crippen molar-refractivity contribution in [2.45, 2.75) is 26.7 Å².